The fourth-order valence-electron chi connectivity index (χ4n) is 2.84. The molecule has 0 unspecified atom stereocenters. The molecule has 1 aliphatic rings. The Morgan fingerprint density at radius 3 is 2.64 bits per heavy atom. The molecule has 1 aromatic carbocycles. The Kier molecular flexibility index (Phi) is 5.28. The maximum Gasteiger partial charge on any atom is 0.338 e. The molecule has 0 saturated carbocycles. The molecule has 0 fully saturated rings. The summed E-state index contributed by atoms with van der Waals surface area (Å²) in [6.45, 7) is 4.02. The highest BCUT2D eigenvalue weighted by atomic mass is 32.2. The number of carbonyl (C=O) groups is 1. The maximum absolute atomic E-state index is 12.7. The van der Waals surface area contributed by atoms with Gasteiger partial charge in [0.2, 0.25) is 0 Å². The van der Waals surface area contributed by atoms with E-state index in [-0.39, 0.29) is 5.97 Å². The van der Waals surface area contributed by atoms with Crippen molar-refractivity contribution < 1.29 is 13.9 Å². The lowest BCUT2D eigenvalue weighted by Crippen LogP contribution is -2.35. The number of thioether (sulfide) groups is 1. The van der Waals surface area contributed by atoms with E-state index in [0.29, 0.717) is 17.9 Å². The molecule has 130 valence electrons. The van der Waals surface area contributed by atoms with Crippen LogP contribution >= 0.6 is 11.8 Å². The Labute approximate surface area is 151 Å². The van der Waals surface area contributed by atoms with Crippen molar-refractivity contribution in [2.45, 2.75) is 19.9 Å². The molecule has 1 atom stereocenters. The lowest BCUT2D eigenvalue weighted by molar-refractivity contribution is -0.139. The highest BCUT2D eigenvalue weighted by Gasteiger charge is 2.35. The van der Waals surface area contributed by atoms with Gasteiger partial charge in [0.05, 0.1) is 18.4 Å². The quantitative estimate of drug-likeness (QED) is 0.760. The molecule has 1 aliphatic heterocycles. The van der Waals surface area contributed by atoms with Crippen LogP contribution in [0.25, 0.3) is 0 Å². The summed E-state index contributed by atoms with van der Waals surface area (Å²) in [7, 11) is 0. The zero-order valence-corrected chi connectivity index (χ0v) is 15.2. The standard InChI is InChI=1S/C19H20N2O3S/c1-4-23-18(22)16-13(2)21(14-9-6-5-7-10-14)19(25-3)20-17(16)15-11-8-12-24-15/h5-12,17H,4H2,1-3H3/t17-/m0/s1. The Morgan fingerprint density at radius 1 is 1.28 bits per heavy atom. The molecule has 3 rings (SSSR count). The smallest absolute Gasteiger partial charge is 0.338 e. The van der Waals surface area contributed by atoms with E-state index in [9.17, 15) is 4.79 Å². The number of esters is 1. The molecule has 2 heterocycles. The third-order valence-electron chi connectivity index (χ3n) is 3.93. The minimum atomic E-state index is -0.503. The number of hydrogen-bond acceptors (Lipinski definition) is 6. The van der Waals surface area contributed by atoms with Crippen molar-refractivity contribution in [2.24, 2.45) is 4.99 Å². The molecule has 1 aromatic heterocycles. The van der Waals surface area contributed by atoms with Crippen LogP contribution in [0.5, 0.6) is 0 Å². The van der Waals surface area contributed by atoms with E-state index >= 15 is 0 Å². The van der Waals surface area contributed by atoms with Crippen LogP contribution in [0.15, 0.2) is 69.4 Å². The number of para-hydroxylation sites is 1. The number of ether oxygens (including phenoxy) is 1. The van der Waals surface area contributed by atoms with E-state index < -0.39 is 6.04 Å². The monoisotopic (exact) mass is 356 g/mol. The van der Waals surface area contributed by atoms with Gasteiger partial charge in [-0.15, -0.1) is 0 Å². The average molecular weight is 356 g/mol. The normalized spacial score (nSPS) is 17.5. The largest absolute Gasteiger partial charge is 0.467 e. The number of rotatable bonds is 4. The van der Waals surface area contributed by atoms with Crippen molar-refractivity contribution in [3.8, 4) is 0 Å². The highest BCUT2D eigenvalue weighted by Crippen LogP contribution is 2.38. The average Bonchev–Trinajstić information content (AvgIpc) is 3.16. The summed E-state index contributed by atoms with van der Waals surface area (Å²) in [6, 6.07) is 13.0. The van der Waals surface area contributed by atoms with Gasteiger partial charge in [-0.3, -0.25) is 4.90 Å². The van der Waals surface area contributed by atoms with Gasteiger partial charge in [-0.1, -0.05) is 30.0 Å². The number of carbonyl (C=O) groups excluding carboxylic acids is 1. The van der Waals surface area contributed by atoms with Gasteiger partial charge >= 0.3 is 5.97 Å². The molecule has 0 spiro atoms. The van der Waals surface area contributed by atoms with Crippen molar-refractivity contribution >= 4 is 28.6 Å². The predicted octanol–water partition coefficient (Wildman–Crippen LogP) is 4.40. The third-order valence-corrected chi connectivity index (χ3v) is 4.59. The lowest BCUT2D eigenvalue weighted by atomic mass is 10.0. The molecule has 5 nitrogen and oxygen atoms in total. The zero-order chi connectivity index (χ0) is 17.8. The van der Waals surface area contributed by atoms with Gasteiger partial charge in [0.15, 0.2) is 5.17 Å². The molecule has 25 heavy (non-hydrogen) atoms. The van der Waals surface area contributed by atoms with Crippen LogP contribution in [0.3, 0.4) is 0 Å². The van der Waals surface area contributed by atoms with E-state index in [2.05, 4.69) is 0 Å². The topological polar surface area (TPSA) is 55.0 Å². The number of aliphatic imine (C=N–C) groups is 1. The molecular weight excluding hydrogens is 336 g/mol. The molecule has 0 aliphatic carbocycles. The third kappa shape index (κ3) is 3.35. The fraction of sp³-hybridized carbons (Fsp3) is 0.263. The molecule has 6 heteroatoms. The molecule has 0 amide bonds. The number of benzene rings is 1. The molecule has 0 N–H and O–H groups in total. The second-order valence-electron chi connectivity index (χ2n) is 5.42. The first-order valence-corrected chi connectivity index (χ1v) is 9.28. The lowest BCUT2D eigenvalue weighted by Gasteiger charge is -2.33. The van der Waals surface area contributed by atoms with Crippen LogP contribution in [-0.4, -0.2) is 24.0 Å². The minimum Gasteiger partial charge on any atom is -0.467 e. The first kappa shape index (κ1) is 17.4. The first-order valence-electron chi connectivity index (χ1n) is 8.05. The number of anilines is 1. The number of furan rings is 1. The Morgan fingerprint density at radius 2 is 2.04 bits per heavy atom. The molecule has 2 aromatic rings. The van der Waals surface area contributed by atoms with E-state index in [1.54, 1.807) is 19.3 Å². The predicted molar refractivity (Wildman–Crippen MR) is 101 cm³/mol. The van der Waals surface area contributed by atoms with Crippen LogP contribution in [0.4, 0.5) is 5.69 Å². The van der Waals surface area contributed by atoms with Gasteiger partial charge in [0.25, 0.3) is 0 Å². The second-order valence-corrected chi connectivity index (χ2v) is 6.20. The highest BCUT2D eigenvalue weighted by molar-refractivity contribution is 8.13. The Balaban J connectivity index is 2.14. The minimum absolute atomic E-state index is 0.310. The van der Waals surface area contributed by atoms with Gasteiger partial charge in [-0.25, -0.2) is 9.79 Å². The van der Waals surface area contributed by atoms with Crippen molar-refractivity contribution in [3.05, 3.63) is 65.8 Å². The number of allylic oxidation sites excluding steroid dienone is 1. The summed E-state index contributed by atoms with van der Waals surface area (Å²) >= 11 is 1.53. The first-order chi connectivity index (χ1) is 12.2. The summed E-state index contributed by atoms with van der Waals surface area (Å²) in [6.07, 6.45) is 3.56. The van der Waals surface area contributed by atoms with Gasteiger partial charge in [-0.2, -0.15) is 0 Å². The van der Waals surface area contributed by atoms with Gasteiger partial charge in [-0.05, 0) is 44.4 Å². The van der Waals surface area contributed by atoms with Crippen LogP contribution in [0, 0.1) is 0 Å². The molecular formula is C19H20N2O3S. The van der Waals surface area contributed by atoms with E-state index in [0.717, 1.165) is 16.6 Å². The number of amidine groups is 1. The van der Waals surface area contributed by atoms with Crippen LogP contribution in [0.2, 0.25) is 0 Å². The Bertz CT molecular complexity index is 797. The number of nitrogens with zero attached hydrogens (tertiary/aromatic N) is 2. The van der Waals surface area contributed by atoms with Crippen LogP contribution < -0.4 is 4.90 Å². The molecule has 0 radical (unpaired) electrons. The zero-order valence-electron chi connectivity index (χ0n) is 14.4. The second kappa shape index (κ2) is 7.61. The Hall–Kier alpha value is -2.47. The van der Waals surface area contributed by atoms with Crippen molar-refractivity contribution in [2.75, 3.05) is 17.8 Å². The summed E-state index contributed by atoms with van der Waals surface area (Å²) in [5.41, 5.74) is 2.25. The van der Waals surface area contributed by atoms with Gasteiger partial charge in [0, 0.05) is 11.4 Å². The summed E-state index contributed by atoms with van der Waals surface area (Å²) in [5, 5.41) is 0.804. The van der Waals surface area contributed by atoms with Crippen molar-refractivity contribution in [1.82, 2.24) is 0 Å². The van der Waals surface area contributed by atoms with E-state index in [4.69, 9.17) is 14.1 Å². The van der Waals surface area contributed by atoms with Crippen LogP contribution in [-0.2, 0) is 9.53 Å². The summed E-state index contributed by atoms with van der Waals surface area (Å²) < 4.78 is 10.8. The van der Waals surface area contributed by atoms with Crippen molar-refractivity contribution in [3.63, 3.8) is 0 Å². The summed E-state index contributed by atoms with van der Waals surface area (Å²) in [5.74, 6) is 0.257. The number of hydrogen-bond donors (Lipinski definition) is 0. The van der Waals surface area contributed by atoms with E-state index in [1.165, 1.54) is 11.8 Å². The van der Waals surface area contributed by atoms with Gasteiger partial charge < -0.3 is 9.15 Å². The fourth-order valence-corrected chi connectivity index (χ4v) is 3.48. The van der Waals surface area contributed by atoms with Crippen molar-refractivity contribution in [1.29, 1.82) is 0 Å². The molecule has 0 bridgehead atoms. The van der Waals surface area contributed by atoms with Gasteiger partial charge in [0.1, 0.15) is 11.8 Å². The van der Waals surface area contributed by atoms with Crippen LogP contribution in [0.1, 0.15) is 25.6 Å². The van der Waals surface area contributed by atoms with E-state index in [1.807, 2.05) is 54.5 Å². The maximum atomic E-state index is 12.7. The SMILES string of the molecule is CCOC(=O)C1=C(C)N(c2ccccc2)C(SC)=N[C@H]1c1ccco1. The molecule has 0 saturated heterocycles. The summed E-state index contributed by atoms with van der Waals surface area (Å²) in [4.78, 5) is 19.4.